The van der Waals surface area contributed by atoms with Gasteiger partial charge in [0.25, 0.3) is 5.91 Å². The van der Waals surface area contributed by atoms with Gasteiger partial charge in [-0.3, -0.25) is 9.69 Å². The summed E-state index contributed by atoms with van der Waals surface area (Å²) in [5.41, 5.74) is 11.2. The van der Waals surface area contributed by atoms with Crippen molar-refractivity contribution in [1.29, 1.82) is 0 Å². The van der Waals surface area contributed by atoms with Crippen molar-refractivity contribution in [2.45, 2.75) is 26.9 Å². The fourth-order valence-corrected chi connectivity index (χ4v) is 3.13. The van der Waals surface area contributed by atoms with Gasteiger partial charge in [0.15, 0.2) is 0 Å². The quantitative estimate of drug-likeness (QED) is 0.688. The molecule has 6 heteroatoms. The van der Waals surface area contributed by atoms with Gasteiger partial charge in [-0.1, -0.05) is 30.3 Å². The molecule has 0 aliphatic rings. The van der Waals surface area contributed by atoms with Crippen LogP contribution in [0.5, 0.6) is 0 Å². The molecule has 0 radical (unpaired) electrons. The van der Waals surface area contributed by atoms with Crippen LogP contribution in [-0.4, -0.2) is 27.8 Å². The van der Waals surface area contributed by atoms with Gasteiger partial charge >= 0.3 is 0 Å². The number of rotatable bonds is 6. The minimum Gasteiger partial charge on any atom is -0.368 e. The van der Waals surface area contributed by atoms with Crippen LogP contribution >= 0.6 is 0 Å². The Morgan fingerprint density at radius 1 is 1.00 bits per heavy atom. The van der Waals surface area contributed by atoms with Crippen LogP contribution in [0.25, 0.3) is 0 Å². The molecule has 0 unspecified atom stereocenters. The molecule has 0 saturated heterocycles. The fourth-order valence-electron chi connectivity index (χ4n) is 3.13. The van der Waals surface area contributed by atoms with Gasteiger partial charge in [-0.05, 0) is 49.7 Å². The maximum atomic E-state index is 12.7. The number of nitrogens with two attached hydrogens (primary N) is 1. The summed E-state index contributed by atoms with van der Waals surface area (Å²) in [4.78, 5) is 22.9. The zero-order valence-corrected chi connectivity index (χ0v) is 16.4. The molecule has 1 aromatic heterocycles. The Bertz CT molecular complexity index is 949. The maximum absolute atomic E-state index is 12.7. The van der Waals surface area contributed by atoms with Gasteiger partial charge in [0, 0.05) is 42.3 Å². The number of nitrogens with zero attached hydrogens (tertiary/aromatic N) is 3. The van der Waals surface area contributed by atoms with E-state index in [2.05, 4.69) is 20.2 Å². The number of nitrogens with one attached hydrogen (secondary N) is 1. The van der Waals surface area contributed by atoms with E-state index in [4.69, 9.17) is 5.73 Å². The van der Waals surface area contributed by atoms with Crippen molar-refractivity contribution in [3.63, 3.8) is 0 Å². The molecule has 0 atom stereocenters. The Balaban J connectivity index is 1.67. The number of anilines is 2. The lowest BCUT2D eigenvalue weighted by molar-refractivity contribution is 0.102. The van der Waals surface area contributed by atoms with Gasteiger partial charge in [0.1, 0.15) is 0 Å². The van der Waals surface area contributed by atoms with Crippen molar-refractivity contribution >= 4 is 17.5 Å². The molecule has 3 N–H and O–H groups in total. The number of nitrogen functional groups attached to an aromatic ring is 1. The number of aryl methyl sites for hydroxylation is 2. The molecule has 144 valence electrons. The minimum absolute atomic E-state index is 0.103. The van der Waals surface area contributed by atoms with Gasteiger partial charge < -0.3 is 11.1 Å². The molecule has 3 aromatic rings. The van der Waals surface area contributed by atoms with E-state index >= 15 is 0 Å². The van der Waals surface area contributed by atoms with E-state index < -0.39 is 0 Å². The average molecular weight is 375 g/mol. The highest BCUT2D eigenvalue weighted by Gasteiger charge is 2.11. The summed E-state index contributed by atoms with van der Waals surface area (Å²) in [7, 11) is 2.01. The highest BCUT2D eigenvalue weighted by Crippen LogP contribution is 2.20. The highest BCUT2D eigenvalue weighted by molar-refractivity contribution is 6.05. The van der Waals surface area contributed by atoms with Crippen LogP contribution in [0.1, 0.15) is 32.6 Å². The molecule has 3 rings (SSSR count). The Kier molecular flexibility index (Phi) is 6.01. The lowest BCUT2D eigenvalue weighted by Crippen LogP contribution is -2.18. The fraction of sp³-hybridized carbons (Fsp3) is 0.227. The van der Waals surface area contributed by atoms with Crippen molar-refractivity contribution in [3.05, 3.63) is 82.7 Å². The number of hydrogen-bond donors (Lipinski definition) is 2. The number of benzene rings is 2. The number of aromatic nitrogens is 2. The molecule has 0 saturated carbocycles. The van der Waals surface area contributed by atoms with E-state index in [1.165, 1.54) is 0 Å². The van der Waals surface area contributed by atoms with E-state index in [9.17, 15) is 4.79 Å². The van der Waals surface area contributed by atoms with Crippen molar-refractivity contribution in [3.8, 4) is 0 Å². The molecule has 0 spiro atoms. The van der Waals surface area contributed by atoms with Crippen LogP contribution in [-0.2, 0) is 13.1 Å². The number of para-hydroxylation sites is 1. The Morgan fingerprint density at radius 2 is 1.61 bits per heavy atom. The zero-order valence-electron chi connectivity index (χ0n) is 16.4. The van der Waals surface area contributed by atoms with Crippen LogP contribution in [0.4, 0.5) is 11.6 Å². The summed E-state index contributed by atoms with van der Waals surface area (Å²) in [5.74, 6) is 0.169. The summed E-state index contributed by atoms with van der Waals surface area (Å²) >= 11 is 0. The third-order valence-electron chi connectivity index (χ3n) is 4.54. The molecule has 0 bridgehead atoms. The lowest BCUT2D eigenvalue weighted by atomic mass is 10.1. The van der Waals surface area contributed by atoms with Crippen molar-refractivity contribution < 1.29 is 4.79 Å². The topological polar surface area (TPSA) is 84.1 Å². The van der Waals surface area contributed by atoms with Gasteiger partial charge in [0.05, 0.1) is 0 Å². The second-order valence-electron chi connectivity index (χ2n) is 7.04. The zero-order chi connectivity index (χ0) is 20.1. The largest absolute Gasteiger partial charge is 0.368 e. The molecule has 6 nitrogen and oxygen atoms in total. The predicted octanol–water partition coefficient (Wildman–Crippen LogP) is 3.56. The molecule has 0 aliphatic carbocycles. The van der Waals surface area contributed by atoms with Gasteiger partial charge in [-0.25, -0.2) is 9.97 Å². The first kappa shape index (κ1) is 19.5. The Hall–Kier alpha value is -3.25. The molecular formula is C22H25N5O. The molecule has 28 heavy (non-hydrogen) atoms. The van der Waals surface area contributed by atoms with Crippen molar-refractivity contribution in [1.82, 2.24) is 14.9 Å². The summed E-state index contributed by atoms with van der Waals surface area (Å²) in [5, 5.41) is 3.04. The van der Waals surface area contributed by atoms with Crippen LogP contribution < -0.4 is 11.1 Å². The smallest absolute Gasteiger partial charge is 0.255 e. The molecule has 1 amide bonds. The third kappa shape index (κ3) is 4.92. The highest BCUT2D eigenvalue weighted by atomic mass is 16.1. The van der Waals surface area contributed by atoms with Crippen LogP contribution in [0.15, 0.2) is 54.9 Å². The number of carbonyl (C=O) groups excluding carboxylic acids is 1. The van der Waals surface area contributed by atoms with E-state index in [0.29, 0.717) is 18.7 Å². The molecule has 0 fully saturated rings. The van der Waals surface area contributed by atoms with E-state index in [1.807, 2.05) is 63.4 Å². The summed E-state index contributed by atoms with van der Waals surface area (Å²) in [6.45, 7) is 5.39. The molecule has 1 heterocycles. The summed E-state index contributed by atoms with van der Waals surface area (Å²) < 4.78 is 0. The van der Waals surface area contributed by atoms with Crippen molar-refractivity contribution in [2.75, 3.05) is 18.1 Å². The maximum Gasteiger partial charge on any atom is 0.255 e. The van der Waals surface area contributed by atoms with Crippen LogP contribution in [0, 0.1) is 13.8 Å². The lowest BCUT2D eigenvalue weighted by Gasteiger charge is -2.17. The molecular weight excluding hydrogens is 350 g/mol. The number of carbonyl (C=O) groups is 1. The summed E-state index contributed by atoms with van der Waals surface area (Å²) in [6.07, 6.45) is 3.46. The average Bonchev–Trinajstić information content (AvgIpc) is 2.66. The number of amides is 1. The van der Waals surface area contributed by atoms with Crippen molar-refractivity contribution in [2.24, 2.45) is 0 Å². The predicted molar refractivity (Wildman–Crippen MR) is 112 cm³/mol. The van der Waals surface area contributed by atoms with E-state index in [1.54, 1.807) is 12.4 Å². The first-order valence-corrected chi connectivity index (χ1v) is 9.14. The second kappa shape index (κ2) is 8.63. The van der Waals surface area contributed by atoms with E-state index in [0.717, 1.165) is 27.9 Å². The monoisotopic (exact) mass is 375 g/mol. The van der Waals surface area contributed by atoms with Crippen LogP contribution in [0.2, 0.25) is 0 Å². The Labute approximate surface area is 165 Å². The van der Waals surface area contributed by atoms with Gasteiger partial charge in [-0.15, -0.1) is 0 Å². The van der Waals surface area contributed by atoms with Gasteiger partial charge in [0.2, 0.25) is 5.95 Å². The molecule has 2 aromatic carbocycles. The Morgan fingerprint density at radius 3 is 2.29 bits per heavy atom. The van der Waals surface area contributed by atoms with E-state index in [-0.39, 0.29) is 11.9 Å². The minimum atomic E-state index is -0.103. The molecule has 0 aliphatic heterocycles. The van der Waals surface area contributed by atoms with Gasteiger partial charge in [-0.2, -0.15) is 0 Å². The normalized spacial score (nSPS) is 10.9. The third-order valence-corrected chi connectivity index (χ3v) is 4.54. The standard InChI is InChI=1S/C22H25N5O/c1-15-6-4-7-16(2)20(15)26-21(28)19-9-5-8-17(10-19)13-27(3)14-18-11-24-22(23)25-12-18/h4-12H,13-14H2,1-3H3,(H,26,28)(H2,23,24,25). The second-order valence-corrected chi connectivity index (χ2v) is 7.04. The van der Waals surface area contributed by atoms with Crippen LogP contribution in [0.3, 0.4) is 0 Å². The summed E-state index contributed by atoms with van der Waals surface area (Å²) in [6, 6.07) is 13.7. The first-order chi connectivity index (χ1) is 13.4. The number of hydrogen-bond acceptors (Lipinski definition) is 5. The first-order valence-electron chi connectivity index (χ1n) is 9.14. The SMILES string of the molecule is Cc1cccc(C)c1NC(=O)c1cccc(CN(C)Cc2cnc(N)nc2)c1.